The molecule has 4 atom stereocenters. The van der Waals surface area contributed by atoms with Crippen LogP contribution in [0.1, 0.15) is 111 Å². The molecule has 4 aliphatic rings. The van der Waals surface area contributed by atoms with Crippen LogP contribution in [0.15, 0.2) is 0 Å². The minimum atomic E-state index is -0.0543. The van der Waals surface area contributed by atoms with Gasteiger partial charge in [-0.05, 0) is 45.4 Å². The van der Waals surface area contributed by atoms with Crippen LogP contribution in [0, 0.1) is 23.7 Å². The molecule has 2 aliphatic heterocycles. The third kappa shape index (κ3) is 8.92. The van der Waals surface area contributed by atoms with E-state index in [-0.39, 0.29) is 23.8 Å². The van der Waals surface area contributed by atoms with Crippen LogP contribution in [0.2, 0.25) is 0 Å². The summed E-state index contributed by atoms with van der Waals surface area (Å²) >= 11 is 0. The summed E-state index contributed by atoms with van der Waals surface area (Å²) in [6.07, 6.45) is 17.6. The van der Waals surface area contributed by atoms with Gasteiger partial charge in [-0.2, -0.15) is 0 Å². The van der Waals surface area contributed by atoms with Crippen molar-refractivity contribution in [2.75, 3.05) is 39.9 Å². The van der Waals surface area contributed by atoms with Crippen LogP contribution >= 0.6 is 0 Å². The second kappa shape index (κ2) is 15.6. The van der Waals surface area contributed by atoms with Gasteiger partial charge in [-0.3, -0.25) is 9.59 Å². The number of hydrogen-bond acceptors (Lipinski definition) is 4. The first-order chi connectivity index (χ1) is 17.9. The predicted molar refractivity (Wildman–Crippen MR) is 149 cm³/mol. The Balaban J connectivity index is 0.000000206. The molecule has 0 aromatic carbocycles. The SMILES string of the molecule is CCOC(=O)C(C)CC1CCCCC1=[N+]1CCCC1.COC(=O)C(C)CC1CCCCC1=[N+]1CCCC1. The summed E-state index contributed by atoms with van der Waals surface area (Å²) in [6.45, 7) is 11.3. The Bertz CT molecular complexity index is 802. The van der Waals surface area contributed by atoms with E-state index in [1.807, 2.05) is 20.8 Å². The van der Waals surface area contributed by atoms with E-state index in [4.69, 9.17) is 9.47 Å². The van der Waals surface area contributed by atoms with Crippen LogP contribution in [0.5, 0.6) is 0 Å². The van der Waals surface area contributed by atoms with Crippen LogP contribution < -0.4 is 0 Å². The van der Waals surface area contributed by atoms with Gasteiger partial charge in [0.25, 0.3) is 0 Å². The summed E-state index contributed by atoms with van der Waals surface area (Å²) in [5.74, 6) is 1.24. The molecule has 0 bridgehead atoms. The van der Waals surface area contributed by atoms with Crippen molar-refractivity contribution in [3.05, 3.63) is 0 Å². The standard InChI is InChI=1S/C16H28NO2.C15H26NO2/c1-3-19-16(18)13(2)12-14-8-4-5-9-15(14)17-10-6-7-11-17;1-12(15(17)18-2)11-13-7-3-4-8-14(13)16-9-5-6-10-16/h13-14H,3-12H2,1-2H3;12-13H,3-11H2,1-2H3/q2*+1. The maximum atomic E-state index is 11.8. The van der Waals surface area contributed by atoms with Gasteiger partial charge in [-0.1, -0.05) is 26.7 Å². The first kappa shape index (κ1) is 29.8. The Labute approximate surface area is 225 Å². The molecule has 4 fully saturated rings. The van der Waals surface area contributed by atoms with Crippen molar-refractivity contribution in [3.63, 3.8) is 0 Å². The average molecular weight is 519 g/mol. The van der Waals surface area contributed by atoms with Crippen molar-refractivity contribution < 1.29 is 28.2 Å². The fourth-order valence-corrected chi connectivity index (χ4v) is 7.02. The summed E-state index contributed by atoms with van der Waals surface area (Å²) in [5.41, 5.74) is 3.27. The number of ether oxygens (including phenoxy) is 2. The molecule has 4 unspecified atom stereocenters. The van der Waals surface area contributed by atoms with E-state index in [0.29, 0.717) is 18.4 Å². The molecular weight excluding hydrogens is 464 g/mol. The second-order valence-corrected chi connectivity index (χ2v) is 11.8. The van der Waals surface area contributed by atoms with E-state index in [0.717, 1.165) is 12.8 Å². The zero-order valence-corrected chi connectivity index (χ0v) is 24.3. The maximum absolute atomic E-state index is 11.8. The molecule has 0 spiro atoms. The highest BCUT2D eigenvalue weighted by Gasteiger charge is 2.33. The molecule has 0 aromatic heterocycles. The number of nitrogens with zero attached hydrogens (tertiary/aromatic N) is 2. The lowest BCUT2D eigenvalue weighted by atomic mass is 9.81. The second-order valence-electron chi connectivity index (χ2n) is 11.8. The number of rotatable bonds is 7. The lowest BCUT2D eigenvalue weighted by Gasteiger charge is -2.24. The largest absolute Gasteiger partial charge is 0.469 e. The minimum absolute atomic E-state index is 0.0196. The Morgan fingerprint density at radius 1 is 0.730 bits per heavy atom. The van der Waals surface area contributed by atoms with Crippen LogP contribution in [0.25, 0.3) is 0 Å². The molecule has 37 heavy (non-hydrogen) atoms. The minimum Gasteiger partial charge on any atom is -0.469 e. The van der Waals surface area contributed by atoms with E-state index in [2.05, 4.69) is 9.15 Å². The zero-order chi connectivity index (χ0) is 26.6. The number of esters is 2. The van der Waals surface area contributed by atoms with Crippen LogP contribution in [0.3, 0.4) is 0 Å². The molecular formula is C31H54N2O4+2. The van der Waals surface area contributed by atoms with Crippen molar-refractivity contribution >= 4 is 23.4 Å². The van der Waals surface area contributed by atoms with Gasteiger partial charge in [0.05, 0.1) is 25.6 Å². The van der Waals surface area contributed by atoms with E-state index in [1.54, 1.807) is 11.4 Å². The fourth-order valence-electron chi connectivity index (χ4n) is 7.02. The first-order valence-electron chi connectivity index (χ1n) is 15.4. The topological polar surface area (TPSA) is 58.6 Å². The van der Waals surface area contributed by atoms with Gasteiger partial charge in [0, 0.05) is 50.4 Å². The molecule has 2 saturated heterocycles. The molecule has 210 valence electrons. The van der Waals surface area contributed by atoms with Crippen molar-refractivity contribution in [3.8, 4) is 0 Å². The van der Waals surface area contributed by atoms with Gasteiger partial charge >= 0.3 is 11.9 Å². The number of carbonyl (C=O) groups is 2. The highest BCUT2D eigenvalue weighted by atomic mass is 16.5. The van der Waals surface area contributed by atoms with Gasteiger partial charge in [-0.25, -0.2) is 9.15 Å². The van der Waals surface area contributed by atoms with E-state index in [1.165, 1.54) is 110 Å². The van der Waals surface area contributed by atoms with Crippen molar-refractivity contribution in [2.24, 2.45) is 23.7 Å². The van der Waals surface area contributed by atoms with E-state index in [9.17, 15) is 9.59 Å². The highest BCUT2D eigenvalue weighted by Crippen LogP contribution is 2.30. The van der Waals surface area contributed by atoms with Gasteiger partial charge in [0.2, 0.25) is 0 Å². The average Bonchev–Trinajstić information content (AvgIpc) is 3.64. The van der Waals surface area contributed by atoms with Crippen LogP contribution in [-0.4, -0.2) is 72.4 Å². The third-order valence-corrected chi connectivity index (χ3v) is 9.01. The van der Waals surface area contributed by atoms with Gasteiger partial charge in [0.15, 0.2) is 11.4 Å². The van der Waals surface area contributed by atoms with Gasteiger partial charge < -0.3 is 9.47 Å². The zero-order valence-electron chi connectivity index (χ0n) is 24.3. The summed E-state index contributed by atoms with van der Waals surface area (Å²) in [4.78, 5) is 23.4. The molecule has 6 heteroatoms. The lowest BCUT2D eigenvalue weighted by molar-refractivity contribution is -0.510. The first-order valence-corrected chi connectivity index (χ1v) is 15.4. The molecule has 0 amide bonds. The smallest absolute Gasteiger partial charge is 0.308 e. The summed E-state index contributed by atoms with van der Waals surface area (Å²) in [6, 6.07) is 0. The molecule has 2 saturated carbocycles. The van der Waals surface area contributed by atoms with Gasteiger partial charge in [0.1, 0.15) is 26.2 Å². The number of methoxy groups -OCH3 is 1. The van der Waals surface area contributed by atoms with E-state index < -0.39 is 0 Å². The fraction of sp³-hybridized carbons (Fsp3) is 0.871. The quantitative estimate of drug-likeness (QED) is 0.323. The Morgan fingerprint density at radius 2 is 1.16 bits per heavy atom. The van der Waals surface area contributed by atoms with Crippen molar-refractivity contribution in [2.45, 2.75) is 111 Å². The third-order valence-electron chi connectivity index (χ3n) is 9.01. The van der Waals surface area contributed by atoms with Crippen LogP contribution in [-0.2, 0) is 19.1 Å². The summed E-state index contributed by atoms with van der Waals surface area (Å²) in [5, 5.41) is 0. The Morgan fingerprint density at radius 3 is 1.57 bits per heavy atom. The summed E-state index contributed by atoms with van der Waals surface area (Å²) < 4.78 is 15.2. The number of carbonyl (C=O) groups excluding carboxylic acids is 2. The van der Waals surface area contributed by atoms with Crippen LogP contribution in [0.4, 0.5) is 0 Å². The molecule has 0 N–H and O–H groups in total. The molecule has 2 heterocycles. The predicted octanol–water partition coefficient (Wildman–Crippen LogP) is 5.64. The molecule has 6 nitrogen and oxygen atoms in total. The normalized spacial score (nSPS) is 25.8. The van der Waals surface area contributed by atoms with E-state index >= 15 is 0 Å². The monoisotopic (exact) mass is 518 g/mol. The van der Waals surface area contributed by atoms with Crippen molar-refractivity contribution in [1.82, 2.24) is 0 Å². The highest BCUT2D eigenvalue weighted by molar-refractivity contribution is 5.84. The maximum Gasteiger partial charge on any atom is 0.308 e. The molecule has 0 aromatic rings. The summed E-state index contributed by atoms with van der Waals surface area (Å²) in [7, 11) is 1.49. The molecule has 0 radical (unpaired) electrons. The molecule has 4 rings (SSSR count). The Hall–Kier alpha value is -1.72. The lowest BCUT2D eigenvalue weighted by Crippen LogP contribution is -2.32. The van der Waals surface area contributed by atoms with Crippen molar-refractivity contribution in [1.29, 1.82) is 0 Å². The molecule has 2 aliphatic carbocycles. The number of hydrogen-bond donors (Lipinski definition) is 0. The van der Waals surface area contributed by atoms with Gasteiger partial charge in [-0.15, -0.1) is 0 Å². The Kier molecular flexibility index (Phi) is 12.6.